The van der Waals surface area contributed by atoms with Crippen LogP contribution in [0.2, 0.25) is 0 Å². The summed E-state index contributed by atoms with van der Waals surface area (Å²) in [6, 6.07) is 8.47. The first-order valence-corrected chi connectivity index (χ1v) is 6.46. The van der Waals surface area contributed by atoms with Gasteiger partial charge in [0.25, 0.3) is 0 Å². The van der Waals surface area contributed by atoms with Gasteiger partial charge in [0, 0.05) is 0 Å². The van der Waals surface area contributed by atoms with E-state index < -0.39 is 15.9 Å². The van der Waals surface area contributed by atoms with E-state index in [1.165, 1.54) is 0 Å². The Bertz CT molecular complexity index is 530. The zero-order valence-corrected chi connectivity index (χ0v) is 9.34. The maximum absolute atomic E-state index is 11.0. The molecule has 2 aromatic rings. The van der Waals surface area contributed by atoms with Gasteiger partial charge in [-0.05, 0) is 0 Å². The average molecular weight is 288 g/mol. The summed E-state index contributed by atoms with van der Waals surface area (Å²) in [5, 5.41) is 0. The van der Waals surface area contributed by atoms with Gasteiger partial charge in [0.05, 0.1) is 0 Å². The van der Waals surface area contributed by atoms with E-state index in [0.717, 1.165) is 0 Å². The van der Waals surface area contributed by atoms with Gasteiger partial charge < -0.3 is 0 Å². The third kappa shape index (κ3) is 2.13. The number of pyridine rings is 2. The van der Waals surface area contributed by atoms with E-state index in [-0.39, 0.29) is 4.16 Å². The third-order valence-electron chi connectivity index (χ3n) is 1.81. The number of nitrogens with zero attached hydrogens (tertiary/aromatic N) is 2. The fourth-order valence-electron chi connectivity index (χ4n) is 1.19. The summed E-state index contributed by atoms with van der Waals surface area (Å²) >= 11 is -3.38. The van der Waals surface area contributed by atoms with E-state index >= 15 is 0 Å². The van der Waals surface area contributed by atoms with Crippen molar-refractivity contribution in [1.82, 2.24) is 9.97 Å². The summed E-state index contributed by atoms with van der Waals surface area (Å²) in [7, 11) is 0. The molecule has 0 radical (unpaired) electrons. The molecule has 0 saturated carbocycles. The first kappa shape index (κ1) is 10.1. The zero-order chi connectivity index (χ0) is 10.7. The Morgan fingerprint density at radius 3 is 2.40 bits per heavy atom. The molecular weight excluding hydrogens is 281 g/mol. The molecule has 0 aliphatic carbocycles. The zero-order valence-electron chi connectivity index (χ0n) is 7.61. The van der Waals surface area contributed by atoms with Crippen LogP contribution in [0.3, 0.4) is 0 Å². The van der Waals surface area contributed by atoms with Crippen LogP contribution in [0.15, 0.2) is 42.7 Å². The minimum absolute atomic E-state index is 0.279. The number of hydrogen-bond donors (Lipinski definition) is 0. The van der Waals surface area contributed by atoms with E-state index in [0.29, 0.717) is 11.4 Å². The van der Waals surface area contributed by atoms with Crippen LogP contribution < -0.4 is 4.16 Å². The first-order chi connectivity index (χ1) is 7.29. The molecule has 0 aromatic carbocycles. The summed E-state index contributed by atoms with van der Waals surface area (Å²) in [4.78, 5) is 8.12. The molecule has 0 unspecified atom stereocenters. The van der Waals surface area contributed by atoms with Crippen LogP contribution >= 0.6 is 0 Å². The molecule has 2 heterocycles. The van der Waals surface area contributed by atoms with Gasteiger partial charge in [-0.2, -0.15) is 0 Å². The second kappa shape index (κ2) is 4.36. The predicted molar refractivity (Wildman–Crippen MR) is 48.5 cm³/mol. The van der Waals surface area contributed by atoms with Crippen LogP contribution in [0.5, 0.6) is 0 Å². The van der Waals surface area contributed by atoms with Gasteiger partial charge >= 0.3 is 91.2 Å². The van der Waals surface area contributed by atoms with Gasteiger partial charge in [0.15, 0.2) is 0 Å². The van der Waals surface area contributed by atoms with E-state index in [1.54, 1.807) is 42.7 Å². The third-order valence-corrected chi connectivity index (χ3v) is 3.28. The summed E-state index contributed by atoms with van der Waals surface area (Å²) in [5.41, 5.74) is 1.01. The van der Waals surface area contributed by atoms with Crippen LogP contribution in [0.4, 0.5) is 0 Å². The predicted octanol–water partition coefficient (Wildman–Crippen LogP) is 1.08. The van der Waals surface area contributed by atoms with Crippen molar-refractivity contribution in [2.75, 3.05) is 0 Å². The van der Waals surface area contributed by atoms with Crippen molar-refractivity contribution < 1.29 is 23.0 Å². The molecule has 2 rings (SSSR count). The molecule has 0 atom stereocenters. The standard InChI is InChI=1S/C10H7N2.2O.Ru/c1-3-7-11-9(5-1)10-6-2-4-8-12-10;;;/h1-5,7-8H;;;. The molecule has 0 aliphatic heterocycles. The van der Waals surface area contributed by atoms with Crippen molar-refractivity contribution >= 4 is 4.16 Å². The van der Waals surface area contributed by atoms with Crippen LogP contribution in [-0.2, 0) is 23.0 Å². The van der Waals surface area contributed by atoms with Gasteiger partial charge in [-0.15, -0.1) is 0 Å². The molecule has 0 aliphatic rings. The monoisotopic (exact) mass is 289 g/mol. The number of hydrogen-bond acceptors (Lipinski definition) is 4. The summed E-state index contributed by atoms with van der Waals surface area (Å²) < 4.78 is 22.4. The van der Waals surface area contributed by atoms with Crippen LogP contribution in [0.1, 0.15) is 0 Å². The molecule has 2 aromatic heterocycles. The van der Waals surface area contributed by atoms with E-state index in [2.05, 4.69) is 9.97 Å². The number of rotatable bonds is 2. The molecule has 5 heteroatoms. The Labute approximate surface area is 91.4 Å². The average Bonchev–Trinajstić information content (AvgIpc) is 2.30. The molecule has 0 N–H and O–H groups in total. The SMILES string of the molecule is [O]=[Ru](=[O])[c]1cccnc1-c1ccccn1. The van der Waals surface area contributed by atoms with E-state index in [9.17, 15) is 7.15 Å². The van der Waals surface area contributed by atoms with Crippen LogP contribution in [0.25, 0.3) is 11.4 Å². The maximum atomic E-state index is 11.0. The second-order valence-electron chi connectivity index (χ2n) is 2.74. The summed E-state index contributed by atoms with van der Waals surface area (Å²) in [6.45, 7) is 0. The molecule has 77 valence electrons. The van der Waals surface area contributed by atoms with Gasteiger partial charge in [-0.25, -0.2) is 0 Å². The van der Waals surface area contributed by atoms with E-state index in [1.807, 2.05) is 0 Å². The fourth-order valence-corrected chi connectivity index (χ4v) is 2.26. The van der Waals surface area contributed by atoms with Gasteiger partial charge in [0.1, 0.15) is 0 Å². The quantitative estimate of drug-likeness (QED) is 0.776. The molecule has 0 fully saturated rings. The van der Waals surface area contributed by atoms with Gasteiger partial charge in [-0.3, -0.25) is 0 Å². The molecular formula is C10H7N2O2Ru. The Hall–Kier alpha value is -1.48. The van der Waals surface area contributed by atoms with Crippen molar-refractivity contribution in [3.8, 4) is 11.4 Å². The normalized spacial score (nSPS) is 10.5. The second-order valence-corrected chi connectivity index (χ2v) is 4.67. The summed E-state index contributed by atoms with van der Waals surface area (Å²) in [5.74, 6) is 0. The molecule has 0 saturated heterocycles. The molecule has 4 nitrogen and oxygen atoms in total. The van der Waals surface area contributed by atoms with Gasteiger partial charge in [0.2, 0.25) is 0 Å². The fraction of sp³-hybridized carbons (Fsp3) is 0. The Morgan fingerprint density at radius 1 is 0.933 bits per heavy atom. The molecule has 0 spiro atoms. The molecule has 15 heavy (non-hydrogen) atoms. The minimum atomic E-state index is -3.38. The van der Waals surface area contributed by atoms with Crippen molar-refractivity contribution in [2.45, 2.75) is 0 Å². The van der Waals surface area contributed by atoms with E-state index in [4.69, 9.17) is 0 Å². The van der Waals surface area contributed by atoms with Crippen LogP contribution in [0, 0.1) is 0 Å². The van der Waals surface area contributed by atoms with Crippen molar-refractivity contribution in [1.29, 1.82) is 0 Å². The molecule has 0 amide bonds. The first-order valence-electron chi connectivity index (χ1n) is 4.17. The Balaban J connectivity index is 2.63. The number of aromatic nitrogens is 2. The van der Waals surface area contributed by atoms with Crippen molar-refractivity contribution in [2.24, 2.45) is 0 Å². The van der Waals surface area contributed by atoms with Gasteiger partial charge in [-0.1, -0.05) is 0 Å². The van der Waals surface area contributed by atoms with Crippen molar-refractivity contribution in [3.05, 3.63) is 42.7 Å². The Kier molecular flexibility index (Phi) is 2.92. The topological polar surface area (TPSA) is 59.9 Å². The van der Waals surface area contributed by atoms with Crippen LogP contribution in [-0.4, -0.2) is 9.97 Å². The molecule has 0 bridgehead atoms. The summed E-state index contributed by atoms with van der Waals surface area (Å²) in [6.07, 6.45) is 3.17. The van der Waals surface area contributed by atoms with Crippen molar-refractivity contribution in [3.63, 3.8) is 0 Å². The Morgan fingerprint density at radius 2 is 1.73 bits per heavy atom.